The molecule has 0 radical (unpaired) electrons. The van der Waals surface area contributed by atoms with Gasteiger partial charge in [0, 0.05) is 11.6 Å². The molecule has 3 nitrogen and oxygen atoms in total. The lowest BCUT2D eigenvalue weighted by Gasteiger charge is -2.07. The molecule has 6 heteroatoms. The van der Waals surface area contributed by atoms with Crippen molar-refractivity contribution in [1.82, 2.24) is 0 Å². The minimum atomic E-state index is -3.54. The van der Waals surface area contributed by atoms with Gasteiger partial charge < -0.3 is 5.73 Å². The summed E-state index contributed by atoms with van der Waals surface area (Å²) in [5.74, 6) is -0.770. The zero-order valence-corrected chi connectivity index (χ0v) is 12.1. The van der Waals surface area contributed by atoms with Crippen molar-refractivity contribution in [2.45, 2.75) is 17.2 Å². The van der Waals surface area contributed by atoms with Crippen LogP contribution in [0.5, 0.6) is 0 Å². The Morgan fingerprint density at radius 3 is 2.25 bits per heavy atom. The summed E-state index contributed by atoms with van der Waals surface area (Å²) in [6.07, 6.45) is 0. The van der Waals surface area contributed by atoms with Gasteiger partial charge in [-0.3, -0.25) is 0 Å². The van der Waals surface area contributed by atoms with Gasteiger partial charge in [-0.25, -0.2) is 12.8 Å². The molecule has 0 amide bonds. The Labute approximate surface area is 122 Å². The van der Waals surface area contributed by atoms with Crippen LogP contribution in [0.25, 0.3) is 0 Å². The van der Waals surface area contributed by atoms with Gasteiger partial charge in [-0.05, 0) is 47.5 Å². The zero-order chi connectivity index (χ0) is 14.8. The molecular formula is C14H13ClFNO2S. The van der Waals surface area contributed by atoms with E-state index in [1.165, 1.54) is 36.4 Å². The molecule has 0 saturated heterocycles. The van der Waals surface area contributed by atoms with Crippen LogP contribution in [0.4, 0.5) is 4.39 Å². The molecule has 0 bridgehead atoms. The first-order valence-electron chi connectivity index (χ1n) is 5.87. The number of sulfone groups is 1. The topological polar surface area (TPSA) is 60.2 Å². The van der Waals surface area contributed by atoms with Crippen LogP contribution in [-0.2, 0) is 22.1 Å². The van der Waals surface area contributed by atoms with Crippen molar-refractivity contribution in [3.05, 3.63) is 64.4 Å². The third-order valence-corrected chi connectivity index (χ3v) is 4.74. The SMILES string of the molecule is NCc1cc(F)cc(CS(=O)(=O)c2ccc(Cl)cc2)c1. The number of nitrogens with two attached hydrogens (primary N) is 1. The van der Waals surface area contributed by atoms with E-state index < -0.39 is 15.7 Å². The molecule has 106 valence electrons. The van der Waals surface area contributed by atoms with Crippen molar-refractivity contribution in [3.8, 4) is 0 Å². The van der Waals surface area contributed by atoms with E-state index in [2.05, 4.69) is 0 Å². The third kappa shape index (κ3) is 3.56. The molecular weight excluding hydrogens is 301 g/mol. The van der Waals surface area contributed by atoms with Crippen LogP contribution in [0, 0.1) is 5.82 Å². The molecule has 0 aliphatic heterocycles. The fourth-order valence-electron chi connectivity index (χ4n) is 1.86. The van der Waals surface area contributed by atoms with Gasteiger partial charge in [-0.15, -0.1) is 0 Å². The van der Waals surface area contributed by atoms with Crippen LogP contribution in [-0.4, -0.2) is 8.42 Å². The highest BCUT2D eigenvalue weighted by molar-refractivity contribution is 7.90. The molecule has 0 spiro atoms. The average molecular weight is 314 g/mol. The smallest absolute Gasteiger partial charge is 0.182 e. The second kappa shape index (κ2) is 5.91. The van der Waals surface area contributed by atoms with Crippen LogP contribution in [0.15, 0.2) is 47.4 Å². The monoisotopic (exact) mass is 313 g/mol. The second-order valence-electron chi connectivity index (χ2n) is 4.38. The van der Waals surface area contributed by atoms with Crippen LogP contribution < -0.4 is 5.73 Å². The summed E-state index contributed by atoms with van der Waals surface area (Å²) in [5, 5.41) is 0.458. The number of benzene rings is 2. The first kappa shape index (κ1) is 15.0. The Kier molecular flexibility index (Phi) is 4.42. The molecule has 2 rings (SSSR count). The number of rotatable bonds is 4. The summed E-state index contributed by atoms with van der Waals surface area (Å²) in [7, 11) is -3.54. The van der Waals surface area contributed by atoms with Crippen molar-refractivity contribution in [2.24, 2.45) is 5.73 Å². The number of hydrogen-bond donors (Lipinski definition) is 1. The van der Waals surface area contributed by atoms with Crippen LogP contribution in [0.3, 0.4) is 0 Å². The highest BCUT2D eigenvalue weighted by Gasteiger charge is 2.16. The number of hydrogen-bond acceptors (Lipinski definition) is 3. The molecule has 0 saturated carbocycles. The van der Waals surface area contributed by atoms with E-state index in [-0.39, 0.29) is 17.2 Å². The first-order chi connectivity index (χ1) is 9.40. The molecule has 2 aromatic rings. The van der Waals surface area contributed by atoms with Crippen LogP contribution in [0.1, 0.15) is 11.1 Å². The van der Waals surface area contributed by atoms with Gasteiger partial charge >= 0.3 is 0 Å². The minimum absolute atomic E-state index is 0.153. The highest BCUT2D eigenvalue weighted by atomic mass is 35.5. The molecule has 0 unspecified atom stereocenters. The quantitative estimate of drug-likeness (QED) is 0.944. The predicted molar refractivity (Wildman–Crippen MR) is 76.6 cm³/mol. The Morgan fingerprint density at radius 2 is 1.65 bits per heavy atom. The van der Waals surface area contributed by atoms with E-state index >= 15 is 0 Å². The normalized spacial score (nSPS) is 11.6. The summed E-state index contributed by atoms with van der Waals surface area (Å²) in [6.45, 7) is 0.158. The lowest BCUT2D eigenvalue weighted by Crippen LogP contribution is -2.06. The molecule has 2 aromatic carbocycles. The van der Waals surface area contributed by atoms with Gasteiger partial charge in [0.25, 0.3) is 0 Å². The molecule has 0 aliphatic rings. The van der Waals surface area contributed by atoms with Crippen LogP contribution in [0.2, 0.25) is 5.02 Å². The zero-order valence-electron chi connectivity index (χ0n) is 10.5. The number of halogens is 2. The predicted octanol–water partition coefficient (Wildman–Crippen LogP) is 2.91. The van der Waals surface area contributed by atoms with Crippen molar-refractivity contribution >= 4 is 21.4 Å². The van der Waals surface area contributed by atoms with Crippen LogP contribution >= 0.6 is 11.6 Å². The summed E-state index contributed by atoms with van der Waals surface area (Å²) in [6, 6.07) is 9.96. The van der Waals surface area contributed by atoms with Crippen molar-refractivity contribution < 1.29 is 12.8 Å². The van der Waals surface area contributed by atoms with Gasteiger partial charge in [0.1, 0.15) is 5.82 Å². The average Bonchev–Trinajstić information content (AvgIpc) is 2.37. The van der Waals surface area contributed by atoms with E-state index in [9.17, 15) is 12.8 Å². The van der Waals surface area contributed by atoms with Gasteiger partial charge in [0.2, 0.25) is 0 Å². The standard InChI is InChI=1S/C14H13ClFNO2S/c15-12-1-3-14(4-2-12)20(18,19)9-11-5-10(8-17)6-13(16)7-11/h1-7H,8-9,17H2. The van der Waals surface area contributed by atoms with Gasteiger partial charge in [-0.1, -0.05) is 17.7 Å². The third-order valence-electron chi connectivity index (χ3n) is 2.78. The maximum absolute atomic E-state index is 13.4. The van der Waals surface area contributed by atoms with E-state index in [0.717, 1.165) is 0 Å². The lowest BCUT2D eigenvalue weighted by atomic mass is 10.1. The van der Waals surface area contributed by atoms with E-state index in [1.807, 2.05) is 0 Å². The Balaban J connectivity index is 2.33. The van der Waals surface area contributed by atoms with Crippen molar-refractivity contribution in [2.75, 3.05) is 0 Å². The maximum atomic E-state index is 13.4. The molecule has 0 heterocycles. The minimum Gasteiger partial charge on any atom is -0.326 e. The summed E-state index contributed by atoms with van der Waals surface area (Å²) >= 11 is 5.72. The maximum Gasteiger partial charge on any atom is 0.182 e. The molecule has 0 aliphatic carbocycles. The van der Waals surface area contributed by atoms with E-state index in [4.69, 9.17) is 17.3 Å². The largest absolute Gasteiger partial charge is 0.326 e. The van der Waals surface area contributed by atoms with E-state index in [0.29, 0.717) is 16.1 Å². The molecule has 20 heavy (non-hydrogen) atoms. The first-order valence-corrected chi connectivity index (χ1v) is 7.90. The van der Waals surface area contributed by atoms with Gasteiger partial charge in [0.15, 0.2) is 9.84 Å². The summed E-state index contributed by atoms with van der Waals surface area (Å²) in [4.78, 5) is 0.153. The summed E-state index contributed by atoms with van der Waals surface area (Å²) in [5.41, 5.74) is 6.39. The summed E-state index contributed by atoms with van der Waals surface area (Å²) < 4.78 is 37.8. The molecule has 2 N–H and O–H groups in total. The molecule has 0 fully saturated rings. The Hall–Kier alpha value is -1.43. The Morgan fingerprint density at radius 1 is 1.05 bits per heavy atom. The lowest BCUT2D eigenvalue weighted by molar-refractivity contribution is 0.594. The molecule has 0 aromatic heterocycles. The molecule has 0 atom stereocenters. The van der Waals surface area contributed by atoms with Crippen molar-refractivity contribution in [3.63, 3.8) is 0 Å². The fourth-order valence-corrected chi connectivity index (χ4v) is 3.31. The Bertz CT molecular complexity index is 714. The fraction of sp³-hybridized carbons (Fsp3) is 0.143. The van der Waals surface area contributed by atoms with Crippen molar-refractivity contribution in [1.29, 1.82) is 0 Å². The highest BCUT2D eigenvalue weighted by Crippen LogP contribution is 2.20. The van der Waals surface area contributed by atoms with Gasteiger partial charge in [0.05, 0.1) is 10.6 Å². The second-order valence-corrected chi connectivity index (χ2v) is 6.81. The van der Waals surface area contributed by atoms with Gasteiger partial charge in [-0.2, -0.15) is 0 Å². The van der Waals surface area contributed by atoms with E-state index in [1.54, 1.807) is 6.07 Å².